The van der Waals surface area contributed by atoms with E-state index < -0.39 is 10.0 Å². The highest BCUT2D eigenvalue weighted by atomic mass is 32.2. The summed E-state index contributed by atoms with van der Waals surface area (Å²) in [5.41, 5.74) is 2.13. The van der Waals surface area contributed by atoms with E-state index in [2.05, 4.69) is 14.6 Å². The minimum Gasteiger partial charge on any atom is -0.336 e. The van der Waals surface area contributed by atoms with Crippen molar-refractivity contribution in [2.45, 2.75) is 11.4 Å². The molecule has 1 N–H and O–H groups in total. The Kier molecular flexibility index (Phi) is 6.29. The van der Waals surface area contributed by atoms with Gasteiger partial charge in [0.05, 0.1) is 4.90 Å². The minimum atomic E-state index is -3.70. The number of nitrogens with one attached hydrogen (secondary N) is 1. The molecule has 160 valence electrons. The van der Waals surface area contributed by atoms with Crippen LogP contribution in [0.3, 0.4) is 0 Å². The van der Waals surface area contributed by atoms with Gasteiger partial charge in [0, 0.05) is 56.4 Å². The van der Waals surface area contributed by atoms with Crippen LogP contribution >= 0.6 is 0 Å². The van der Waals surface area contributed by atoms with Crippen LogP contribution in [0.4, 0.5) is 5.69 Å². The van der Waals surface area contributed by atoms with Crippen molar-refractivity contribution in [1.29, 1.82) is 0 Å². The van der Waals surface area contributed by atoms with Crippen LogP contribution < -0.4 is 4.72 Å². The molecule has 31 heavy (non-hydrogen) atoms. The van der Waals surface area contributed by atoms with Crippen LogP contribution in [0.5, 0.6) is 0 Å². The Bertz CT molecular complexity index is 1110. The van der Waals surface area contributed by atoms with E-state index in [9.17, 15) is 13.2 Å². The highest BCUT2D eigenvalue weighted by Crippen LogP contribution is 2.18. The number of carbonyl (C=O) groups is 1. The van der Waals surface area contributed by atoms with E-state index in [4.69, 9.17) is 0 Å². The molecule has 1 aromatic heterocycles. The van der Waals surface area contributed by atoms with Gasteiger partial charge in [0.25, 0.3) is 15.9 Å². The number of hydrogen-bond donors (Lipinski definition) is 1. The number of hydrogen-bond acceptors (Lipinski definition) is 5. The number of rotatable bonds is 6. The van der Waals surface area contributed by atoms with E-state index >= 15 is 0 Å². The summed E-state index contributed by atoms with van der Waals surface area (Å²) in [5, 5.41) is 0. The molecule has 4 rings (SSSR count). The van der Waals surface area contributed by atoms with Crippen molar-refractivity contribution < 1.29 is 13.2 Å². The first-order valence-corrected chi connectivity index (χ1v) is 11.6. The smallest absolute Gasteiger partial charge is 0.261 e. The molecule has 0 unspecified atom stereocenters. The number of para-hydroxylation sites is 1. The fourth-order valence-electron chi connectivity index (χ4n) is 3.54. The maximum Gasteiger partial charge on any atom is 0.261 e. The largest absolute Gasteiger partial charge is 0.336 e. The number of sulfonamides is 1. The van der Waals surface area contributed by atoms with E-state index in [0.717, 1.165) is 25.2 Å². The van der Waals surface area contributed by atoms with E-state index in [1.807, 2.05) is 29.3 Å². The van der Waals surface area contributed by atoms with Crippen LogP contribution in [0, 0.1) is 0 Å². The Morgan fingerprint density at radius 3 is 2.26 bits per heavy atom. The molecule has 0 aliphatic carbocycles. The number of amides is 1. The number of pyridine rings is 1. The predicted octanol–water partition coefficient (Wildman–Crippen LogP) is 2.84. The molecule has 3 aromatic rings. The maximum absolute atomic E-state index is 12.8. The molecule has 0 radical (unpaired) electrons. The molecule has 0 bridgehead atoms. The van der Waals surface area contributed by atoms with Gasteiger partial charge in [-0.15, -0.1) is 0 Å². The van der Waals surface area contributed by atoms with Crippen molar-refractivity contribution in [1.82, 2.24) is 14.8 Å². The molecule has 2 aromatic carbocycles. The molecule has 0 atom stereocenters. The summed E-state index contributed by atoms with van der Waals surface area (Å²) in [7, 11) is -3.70. The Labute approximate surface area is 182 Å². The van der Waals surface area contributed by atoms with E-state index in [1.165, 1.54) is 12.1 Å². The van der Waals surface area contributed by atoms with E-state index in [-0.39, 0.29) is 10.8 Å². The van der Waals surface area contributed by atoms with Crippen molar-refractivity contribution in [3.05, 3.63) is 90.3 Å². The van der Waals surface area contributed by atoms with Gasteiger partial charge < -0.3 is 4.90 Å². The Morgan fingerprint density at radius 2 is 1.61 bits per heavy atom. The zero-order valence-corrected chi connectivity index (χ0v) is 17.8. The number of carbonyl (C=O) groups excluding carboxylic acids is 1. The van der Waals surface area contributed by atoms with Crippen molar-refractivity contribution >= 4 is 21.6 Å². The monoisotopic (exact) mass is 436 g/mol. The predicted molar refractivity (Wildman–Crippen MR) is 119 cm³/mol. The van der Waals surface area contributed by atoms with Gasteiger partial charge in [0.2, 0.25) is 0 Å². The molecule has 1 fully saturated rings. The summed E-state index contributed by atoms with van der Waals surface area (Å²) in [5.74, 6) is -0.0824. The highest BCUT2D eigenvalue weighted by molar-refractivity contribution is 7.92. The van der Waals surface area contributed by atoms with Crippen LogP contribution in [0.25, 0.3) is 0 Å². The number of nitrogens with zero attached hydrogens (tertiary/aromatic N) is 3. The first-order valence-electron chi connectivity index (χ1n) is 10.1. The lowest BCUT2D eigenvalue weighted by atomic mass is 10.1. The number of piperazine rings is 1. The molecule has 1 saturated heterocycles. The fourth-order valence-corrected chi connectivity index (χ4v) is 4.60. The summed E-state index contributed by atoms with van der Waals surface area (Å²) >= 11 is 0. The van der Waals surface area contributed by atoms with Crippen LogP contribution in [-0.4, -0.2) is 55.3 Å². The fraction of sp³-hybridized carbons (Fsp3) is 0.217. The van der Waals surface area contributed by atoms with E-state index in [0.29, 0.717) is 24.3 Å². The third-order valence-corrected chi connectivity index (χ3v) is 6.62. The second kappa shape index (κ2) is 9.28. The van der Waals surface area contributed by atoms with Gasteiger partial charge in [-0.05, 0) is 48.0 Å². The zero-order valence-electron chi connectivity index (χ0n) is 17.0. The molecule has 8 heteroatoms. The molecule has 1 aliphatic rings. The lowest BCUT2D eigenvalue weighted by Crippen LogP contribution is -2.48. The molecule has 1 amide bonds. The van der Waals surface area contributed by atoms with Gasteiger partial charge in [0.15, 0.2) is 0 Å². The van der Waals surface area contributed by atoms with Crippen molar-refractivity contribution in [3.8, 4) is 0 Å². The molecular formula is C23H24N4O3S. The number of anilines is 1. The molecular weight excluding hydrogens is 412 g/mol. The molecule has 0 saturated carbocycles. The van der Waals surface area contributed by atoms with E-state index in [1.54, 1.807) is 42.6 Å². The number of benzene rings is 2. The summed E-state index contributed by atoms with van der Waals surface area (Å²) < 4.78 is 27.6. The summed E-state index contributed by atoms with van der Waals surface area (Å²) in [6.45, 7) is 3.66. The SMILES string of the molecule is O=C(c1ccc(S(=O)(=O)Nc2ccccc2)cc1)N1CCN(Cc2cccnc2)CC1. The standard InChI is InChI=1S/C23H24N4O3S/c28-23(27-15-13-26(14-16-27)18-19-5-4-12-24-17-19)20-8-10-22(11-9-20)31(29,30)25-21-6-2-1-3-7-21/h1-12,17,25H,13-16,18H2. The van der Waals surface area contributed by atoms with Crippen molar-refractivity contribution in [2.75, 3.05) is 30.9 Å². The van der Waals surface area contributed by atoms with Crippen molar-refractivity contribution in [3.63, 3.8) is 0 Å². The summed E-state index contributed by atoms with van der Waals surface area (Å²) in [6, 6.07) is 18.8. The van der Waals surface area contributed by atoms with Crippen LogP contribution in [0.1, 0.15) is 15.9 Å². The summed E-state index contributed by atoms with van der Waals surface area (Å²) in [6.07, 6.45) is 3.62. The van der Waals surface area contributed by atoms with Crippen LogP contribution in [-0.2, 0) is 16.6 Å². The third kappa shape index (κ3) is 5.28. The summed E-state index contributed by atoms with van der Waals surface area (Å²) in [4.78, 5) is 21.2. The quantitative estimate of drug-likeness (QED) is 0.643. The third-order valence-electron chi connectivity index (χ3n) is 5.23. The first-order chi connectivity index (χ1) is 15.0. The minimum absolute atomic E-state index is 0.0824. The van der Waals surface area contributed by atoms with Gasteiger partial charge in [-0.1, -0.05) is 24.3 Å². The van der Waals surface area contributed by atoms with Crippen LogP contribution in [0.15, 0.2) is 84.0 Å². The second-order valence-corrected chi connectivity index (χ2v) is 9.11. The highest BCUT2D eigenvalue weighted by Gasteiger charge is 2.23. The Balaban J connectivity index is 1.35. The average Bonchev–Trinajstić information content (AvgIpc) is 2.80. The second-order valence-electron chi connectivity index (χ2n) is 7.43. The van der Waals surface area contributed by atoms with Crippen molar-refractivity contribution in [2.24, 2.45) is 0 Å². The van der Waals surface area contributed by atoms with Gasteiger partial charge in [-0.25, -0.2) is 8.42 Å². The van der Waals surface area contributed by atoms with Gasteiger partial charge in [-0.3, -0.25) is 19.4 Å². The molecule has 2 heterocycles. The Hall–Kier alpha value is -3.23. The average molecular weight is 437 g/mol. The van der Waals surface area contributed by atoms with Crippen LogP contribution in [0.2, 0.25) is 0 Å². The maximum atomic E-state index is 12.8. The normalized spacial score (nSPS) is 14.9. The lowest BCUT2D eigenvalue weighted by molar-refractivity contribution is 0.0628. The number of aromatic nitrogens is 1. The molecule has 7 nitrogen and oxygen atoms in total. The zero-order chi connectivity index (χ0) is 21.7. The lowest BCUT2D eigenvalue weighted by Gasteiger charge is -2.34. The first kappa shape index (κ1) is 21.0. The molecule has 1 aliphatic heterocycles. The topological polar surface area (TPSA) is 82.6 Å². The Morgan fingerprint density at radius 1 is 0.903 bits per heavy atom. The molecule has 0 spiro atoms. The van der Waals surface area contributed by atoms with Gasteiger partial charge in [0.1, 0.15) is 0 Å². The van der Waals surface area contributed by atoms with Gasteiger partial charge >= 0.3 is 0 Å². The van der Waals surface area contributed by atoms with Gasteiger partial charge in [-0.2, -0.15) is 0 Å².